The minimum Gasteiger partial charge on any atom is -0.347 e. The predicted molar refractivity (Wildman–Crippen MR) is 32.7 cm³/mol. The summed E-state index contributed by atoms with van der Waals surface area (Å²) in [4.78, 5) is 2.25. The molecule has 0 saturated carbocycles. The molecule has 0 amide bonds. The van der Waals surface area contributed by atoms with Crippen molar-refractivity contribution in [1.82, 2.24) is 4.81 Å². The summed E-state index contributed by atoms with van der Waals surface area (Å²) in [6.07, 6.45) is 1.18. The third kappa shape index (κ3) is 1.18. The van der Waals surface area contributed by atoms with Gasteiger partial charge in [0.15, 0.2) is 7.98 Å². The molecule has 0 aliphatic carbocycles. The molecule has 2 nitrogen and oxygen atoms in total. The Hall–Kier alpha value is -0.0151. The number of rotatable bonds is 0. The predicted octanol–water partition coefficient (Wildman–Crippen LogP) is -1.43. The fourth-order valence-corrected chi connectivity index (χ4v) is 0.969. The molecule has 1 atom stereocenters. The van der Waals surface area contributed by atoms with E-state index < -0.39 is 0 Å². The van der Waals surface area contributed by atoms with Gasteiger partial charge in [0.2, 0.25) is 0 Å². The van der Waals surface area contributed by atoms with Crippen molar-refractivity contribution in [2.45, 2.75) is 12.5 Å². The molecule has 1 fully saturated rings. The largest absolute Gasteiger partial charge is 0.347 e. The summed E-state index contributed by atoms with van der Waals surface area (Å²) in [5.41, 5.74) is 5.58. The molecule has 1 saturated heterocycles. The first-order valence-electron chi connectivity index (χ1n) is 2.73. The van der Waals surface area contributed by atoms with Crippen LogP contribution in [0.25, 0.3) is 0 Å². The van der Waals surface area contributed by atoms with Crippen LogP contribution < -0.4 is 5.73 Å². The van der Waals surface area contributed by atoms with Crippen molar-refractivity contribution < 1.29 is 0 Å². The molecule has 1 heterocycles. The van der Waals surface area contributed by atoms with Gasteiger partial charge in [0.25, 0.3) is 0 Å². The van der Waals surface area contributed by atoms with E-state index in [9.17, 15) is 0 Å². The zero-order valence-corrected chi connectivity index (χ0v) is 4.72. The van der Waals surface area contributed by atoms with Crippen LogP contribution in [-0.2, 0) is 0 Å². The summed E-state index contributed by atoms with van der Waals surface area (Å²) in [7, 11) is 2.10. The Kier molecular flexibility index (Phi) is 1.35. The molecular weight excluding hydrogens is 86.9 g/mol. The molecule has 0 aromatic rings. The molecule has 2 N–H and O–H groups in total. The van der Waals surface area contributed by atoms with E-state index in [1.807, 2.05) is 0 Å². The van der Waals surface area contributed by atoms with E-state index in [1.54, 1.807) is 0 Å². The Morgan fingerprint density at radius 3 is 2.57 bits per heavy atom. The second kappa shape index (κ2) is 1.84. The lowest BCUT2D eigenvalue weighted by Gasteiger charge is -2.03. The summed E-state index contributed by atoms with van der Waals surface area (Å²) in [5.74, 6) is 0. The minimum atomic E-state index is 0.449. The van der Waals surface area contributed by atoms with Crippen LogP contribution in [0.2, 0.25) is 0 Å². The molecule has 1 aliphatic heterocycles. The van der Waals surface area contributed by atoms with Gasteiger partial charge in [-0.05, 0) is 13.0 Å². The Morgan fingerprint density at radius 2 is 2.43 bits per heavy atom. The molecule has 1 rings (SSSR count). The number of nitrogens with two attached hydrogens (primary N) is 1. The second-order valence-corrected chi connectivity index (χ2v) is 2.31. The van der Waals surface area contributed by atoms with Crippen LogP contribution >= 0.6 is 0 Å². The molecule has 40 valence electrons. The molecule has 3 heteroatoms. The Labute approximate surface area is 45.1 Å². The first-order valence-corrected chi connectivity index (χ1v) is 2.73. The highest BCUT2D eigenvalue weighted by molar-refractivity contribution is 6.04. The number of nitrogens with zero attached hydrogens (tertiary/aromatic N) is 1. The molecular formula is C4H11BN2. The average molecular weight is 98.0 g/mol. The Balaban J connectivity index is 2.26. The minimum absolute atomic E-state index is 0.449. The van der Waals surface area contributed by atoms with Crippen molar-refractivity contribution >= 4 is 7.98 Å². The molecule has 0 bridgehead atoms. The molecule has 0 radical (unpaired) electrons. The summed E-state index contributed by atoms with van der Waals surface area (Å²) >= 11 is 0. The Morgan fingerprint density at radius 1 is 1.71 bits per heavy atom. The molecule has 1 unspecified atom stereocenters. The van der Waals surface area contributed by atoms with Crippen LogP contribution in [0.5, 0.6) is 0 Å². The van der Waals surface area contributed by atoms with Crippen molar-refractivity contribution in [3.8, 4) is 0 Å². The third-order valence-corrected chi connectivity index (χ3v) is 1.43. The van der Waals surface area contributed by atoms with Gasteiger partial charge in [0.1, 0.15) is 0 Å². The van der Waals surface area contributed by atoms with Crippen LogP contribution in [-0.4, -0.2) is 31.9 Å². The quantitative estimate of drug-likeness (QED) is 0.376. The van der Waals surface area contributed by atoms with E-state index in [0.29, 0.717) is 6.04 Å². The van der Waals surface area contributed by atoms with Crippen molar-refractivity contribution in [3.05, 3.63) is 0 Å². The zero-order valence-electron chi connectivity index (χ0n) is 4.72. The van der Waals surface area contributed by atoms with Gasteiger partial charge in [0, 0.05) is 12.6 Å². The van der Waals surface area contributed by atoms with Crippen LogP contribution in [0.3, 0.4) is 0 Å². The molecule has 0 spiro atoms. The SMILES string of the molecule is BN1CCC(N)C1. The summed E-state index contributed by atoms with van der Waals surface area (Å²) in [5, 5.41) is 0. The van der Waals surface area contributed by atoms with Crippen molar-refractivity contribution in [2.75, 3.05) is 13.1 Å². The van der Waals surface area contributed by atoms with Crippen LogP contribution in [0.1, 0.15) is 6.42 Å². The Bertz CT molecular complexity index is 58.7. The van der Waals surface area contributed by atoms with Crippen LogP contribution in [0.4, 0.5) is 0 Å². The highest BCUT2D eigenvalue weighted by atomic mass is 15.1. The van der Waals surface area contributed by atoms with Gasteiger partial charge in [0.05, 0.1) is 0 Å². The third-order valence-electron chi connectivity index (χ3n) is 1.43. The zero-order chi connectivity index (χ0) is 5.28. The van der Waals surface area contributed by atoms with Gasteiger partial charge in [-0.15, -0.1) is 0 Å². The van der Waals surface area contributed by atoms with Gasteiger partial charge >= 0.3 is 0 Å². The van der Waals surface area contributed by atoms with Gasteiger partial charge in [-0.25, -0.2) is 0 Å². The van der Waals surface area contributed by atoms with Gasteiger partial charge in [-0.1, -0.05) is 0 Å². The topological polar surface area (TPSA) is 29.3 Å². The van der Waals surface area contributed by atoms with E-state index in [2.05, 4.69) is 12.8 Å². The smallest absolute Gasteiger partial charge is 0.185 e. The summed E-state index contributed by atoms with van der Waals surface area (Å²) < 4.78 is 0. The maximum Gasteiger partial charge on any atom is 0.185 e. The van der Waals surface area contributed by atoms with Crippen molar-refractivity contribution in [3.63, 3.8) is 0 Å². The van der Waals surface area contributed by atoms with Crippen molar-refractivity contribution in [1.29, 1.82) is 0 Å². The van der Waals surface area contributed by atoms with E-state index in [0.717, 1.165) is 6.54 Å². The molecule has 1 aliphatic rings. The fourth-order valence-electron chi connectivity index (χ4n) is 0.969. The number of hydrogen-bond donors (Lipinski definition) is 1. The standard InChI is InChI=1S/C4H11BN2/c5-7-2-1-4(6)3-7/h4H,1-3,5-6H2. The maximum absolute atomic E-state index is 5.58. The number of hydrogen-bond acceptors (Lipinski definition) is 2. The lowest BCUT2D eigenvalue weighted by Crippen LogP contribution is -2.24. The lowest BCUT2D eigenvalue weighted by molar-refractivity contribution is 0.553. The van der Waals surface area contributed by atoms with Crippen LogP contribution in [0, 0.1) is 0 Å². The first-order chi connectivity index (χ1) is 3.29. The monoisotopic (exact) mass is 98.1 g/mol. The highest BCUT2D eigenvalue weighted by Gasteiger charge is 2.13. The van der Waals surface area contributed by atoms with Gasteiger partial charge < -0.3 is 10.5 Å². The molecule has 0 aromatic carbocycles. The van der Waals surface area contributed by atoms with Gasteiger partial charge in [-0.3, -0.25) is 0 Å². The normalized spacial score (nSPS) is 34.1. The van der Waals surface area contributed by atoms with E-state index >= 15 is 0 Å². The molecule has 0 aromatic heterocycles. The summed E-state index contributed by atoms with van der Waals surface area (Å²) in [6, 6.07) is 0.449. The summed E-state index contributed by atoms with van der Waals surface area (Å²) in [6.45, 7) is 2.27. The molecule has 7 heavy (non-hydrogen) atoms. The second-order valence-electron chi connectivity index (χ2n) is 2.31. The van der Waals surface area contributed by atoms with Gasteiger partial charge in [-0.2, -0.15) is 0 Å². The van der Waals surface area contributed by atoms with Crippen LogP contribution in [0.15, 0.2) is 0 Å². The average Bonchev–Trinajstić information content (AvgIpc) is 1.87. The van der Waals surface area contributed by atoms with E-state index in [1.165, 1.54) is 13.0 Å². The fraction of sp³-hybridized carbons (Fsp3) is 1.00. The maximum atomic E-state index is 5.58. The highest BCUT2D eigenvalue weighted by Crippen LogP contribution is 2.01. The van der Waals surface area contributed by atoms with E-state index in [-0.39, 0.29) is 0 Å². The first kappa shape index (κ1) is 5.13. The van der Waals surface area contributed by atoms with E-state index in [4.69, 9.17) is 5.73 Å². The lowest BCUT2D eigenvalue weighted by atomic mass is 10.3. The van der Waals surface area contributed by atoms with Crippen molar-refractivity contribution in [2.24, 2.45) is 5.73 Å².